The molecule has 0 saturated carbocycles. The molecule has 0 aliphatic carbocycles. The van der Waals surface area contributed by atoms with Gasteiger partial charge in [-0.25, -0.2) is 0 Å². The molecule has 1 unspecified atom stereocenters. The van der Waals surface area contributed by atoms with Gasteiger partial charge in [-0.05, 0) is 39.8 Å². The molecule has 6 nitrogen and oxygen atoms in total. The number of hydrogen-bond donors (Lipinski definition) is 1. The highest BCUT2D eigenvalue weighted by atomic mass is 16.6. The van der Waals surface area contributed by atoms with Crippen LogP contribution in [0.2, 0.25) is 0 Å². The highest BCUT2D eigenvalue weighted by Crippen LogP contribution is 2.27. The lowest BCUT2D eigenvalue weighted by Crippen LogP contribution is -2.38. The van der Waals surface area contributed by atoms with Gasteiger partial charge in [-0.15, -0.1) is 0 Å². The van der Waals surface area contributed by atoms with Crippen LogP contribution >= 0.6 is 0 Å². The van der Waals surface area contributed by atoms with E-state index in [0.717, 1.165) is 0 Å². The first-order valence-corrected chi connectivity index (χ1v) is 6.40. The fourth-order valence-corrected chi connectivity index (χ4v) is 1.80. The number of benzene rings is 1. The SMILES string of the molecule is CNC(C)(C#N)CCCOc1cccc([N+](=O)[O-])c1C. The minimum atomic E-state index is -0.568. The number of nitro benzene ring substituents is 1. The maximum Gasteiger partial charge on any atom is 0.276 e. The lowest BCUT2D eigenvalue weighted by atomic mass is 9.98. The van der Waals surface area contributed by atoms with Gasteiger partial charge < -0.3 is 10.1 Å². The molecule has 0 aliphatic heterocycles. The molecular weight excluding hydrogens is 258 g/mol. The van der Waals surface area contributed by atoms with Crippen LogP contribution in [0.1, 0.15) is 25.3 Å². The van der Waals surface area contributed by atoms with Crippen molar-refractivity contribution in [1.82, 2.24) is 5.32 Å². The summed E-state index contributed by atoms with van der Waals surface area (Å²) < 4.78 is 5.57. The van der Waals surface area contributed by atoms with Crippen LogP contribution in [0.5, 0.6) is 5.75 Å². The number of nitro groups is 1. The zero-order valence-electron chi connectivity index (χ0n) is 12.0. The number of rotatable bonds is 7. The van der Waals surface area contributed by atoms with Gasteiger partial charge in [0.25, 0.3) is 5.69 Å². The predicted molar refractivity (Wildman–Crippen MR) is 75.6 cm³/mol. The summed E-state index contributed by atoms with van der Waals surface area (Å²) in [5.74, 6) is 0.516. The van der Waals surface area contributed by atoms with Gasteiger partial charge in [-0.3, -0.25) is 10.1 Å². The number of nitrogens with zero attached hydrogens (tertiary/aromatic N) is 2. The van der Waals surface area contributed by atoms with E-state index >= 15 is 0 Å². The molecule has 0 aromatic heterocycles. The molecule has 1 aromatic carbocycles. The summed E-state index contributed by atoms with van der Waals surface area (Å²) in [6.07, 6.45) is 1.33. The van der Waals surface area contributed by atoms with E-state index in [-0.39, 0.29) is 5.69 Å². The van der Waals surface area contributed by atoms with Crippen LogP contribution in [0, 0.1) is 28.4 Å². The summed E-state index contributed by atoms with van der Waals surface area (Å²) in [5.41, 5.74) is 0.00918. The minimum absolute atomic E-state index is 0.0552. The summed E-state index contributed by atoms with van der Waals surface area (Å²) in [5, 5.41) is 22.8. The Morgan fingerprint density at radius 3 is 2.80 bits per heavy atom. The Kier molecular flexibility index (Phi) is 5.47. The van der Waals surface area contributed by atoms with E-state index in [4.69, 9.17) is 10.00 Å². The van der Waals surface area contributed by atoms with Crippen molar-refractivity contribution in [3.63, 3.8) is 0 Å². The van der Waals surface area contributed by atoms with Crippen molar-refractivity contribution in [2.45, 2.75) is 32.2 Å². The van der Waals surface area contributed by atoms with Gasteiger partial charge in [0.1, 0.15) is 11.3 Å². The Bertz CT molecular complexity index is 525. The van der Waals surface area contributed by atoms with Crippen molar-refractivity contribution < 1.29 is 9.66 Å². The Morgan fingerprint density at radius 2 is 2.25 bits per heavy atom. The third-order valence-corrected chi connectivity index (χ3v) is 3.33. The first kappa shape index (κ1) is 15.9. The lowest BCUT2D eigenvalue weighted by molar-refractivity contribution is -0.385. The molecule has 20 heavy (non-hydrogen) atoms. The molecule has 108 valence electrons. The molecule has 0 spiro atoms. The third kappa shape index (κ3) is 3.93. The van der Waals surface area contributed by atoms with Crippen molar-refractivity contribution in [2.24, 2.45) is 0 Å². The normalized spacial score (nSPS) is 13.3. The van der Waals surface area contributed by atoms with Gasteiger partial charge in [-0.1, -0.05) is 6.07 Å². The van der Waals surface area contributed by atoms with Crippen molar-refractivity contribution >= 4 is 5.69 Å². The molecule has 0 aliphatic rings. The molecule has 1 aromatic rings. The average Bonchev–Trinajstić information content (AvgIpc) is 2.44. The Hall–Kier alpha value is -2.13. The first-order chi connectivity index (χ1) is 9.43. The molecule has 0 radical (unpaired) electrons. The molecule has 0 saturated heterocycles. The lowest BCUT2D eigenvalue weighted by Gasteiger charge is -2.20. The summed E-state index contributed by atoms with van der Waals surface area (Å²) in [7, 11) is 1.74. The second-order valence-electron chi connectivity index (χ2n) is 4.80. The van der Waals surface area contributed by atoms with Gasteiger partial charge >= 0.3 is 0 Å². The van der Waals surface area contributed by atoms with Crippen LogP contribution < -0.4 is 10.1 Å². The predicted octanol–water partition coefficient (Wildman–Crippen LogP) is 2.56. The summed E-state index contributed by atoms with van der Waals surface area (Å²) >= 11 is 0. The van der Waals surface area contributed by atoms with Crippen molar-refractivity contribution in [3.8, 4) is 11.8 Å². The van der Waals surface area contributed by atoms with E-state index < -0.39 is 10.5 Å². The minimum Gasteiger partial charge on any atom is -0.493 e. The second-order valence-corrected chi connectivity index (χ2v) is 4.80. The fourth-order valence-electron chi connectivity index (χ4n) is 1.80. The van der Waals surface area contributed by atoms with E-state index in [2.05, 4.69) is 11.4 Å². The number of nitriles is 1. The van der Waals surface area contributed by atoms with Crippen LogP contribution in [0.3, 0.4) is 0 Å². The Labute approximate surface area is 118 Å². The first-order valence-electron chi connectivity index (χ1n) is 6.40. The molecule has 1 atom stereocenters. The van der Waals surface area contributed by atoms with Crippen molar-refractivity contribution in [1.29, 1.82) is 5.26 Å². The summed E-state index contributed by atoms with van der Waals surface area (Å²) in [6, 6.07) is 6.98. The van der Waals surface area contributed by atoms with E-state index in [1.165, 1.54) is 6.07 Å². The Morgan fingerprint density at radius 1 is 1.55 bits per heavy atom. The van der Waals surface area contributed by atoms with Crippen molar-refractivity contribution in [3.05, 3.63) is 33.9 Å². The number of nitrogens with one attached hydrogen (secondary N) is 1. The molecule has 0 bridgehead atoms. The van der Waals surface area contributed by atoms with Crippen LogP contribution in [0.4, 0.5) is 5.69 Å². The van der Waals surface area contributed by atoms with E-state index in [1.807, 2.05) is 6.92 Å². The van der Waals surface area contributed by atoms with E-state index in [0.29, 0.717) is 30.8 Å². The van der Waals surface area contributed by atoms with Gasteiger partial charge in [0.05, 0.1) is 23.2 Å². The van der Waals surface area contributed by atoms with Crippen LogP contribution in [-0.4, -0.2) is 24.1 Å². The zero-order chi connectivity index (χ0) is 15.2. The maximum absolute atomic E-state index is 10.8. The molecular formula is C14H19N3O3. The van der Waals surface area contributed by atoms with Gasteiger partial charge in [0, 0.05) is 6.07 Å². The smallest absolute Gasteiger partial charge is 0.276 e. The van der Waals surface area contributed by atoms with Crippen LogP contribution in [-0.2, 0) is 0 Å². The summed E-state index contributed by atoms with van der Waals surface area (Å²) in [4.78, 5) is 10.4. The van der Waals surface area contributed by atoms with Gasteiger partial charge in [0.15, 0.2) is 0 Å². The topological polar surface area (TPSA) is 88.2 Å². The zero-order valence-corrected chi connectivity index (χ0v) is 12.0. The molecule has 6 heteroatoms. The summed E-state index contributed by atoms with van der Waals surface area (Å²) in [6.45, 7) is 3.91. The monoisotopic (exact) mass is 277 g/mol. The second kappa shape index (κ2) is 6.87. The molecule has 0 amide bonds. The highest BCUT2D eigenvalue weighted by Gasteiger charge is 2.20. The molecule has 1 N–H and O–H groups in total. The van der Waals surface area contributed by atoms with Gasteiger partial charge in [-0.2, -0.15) is 5.26 Å². The highest BCUT2D eigenvalue weighted by molar-refractivity contribution is 5.48. The Balaban J connectivity index is 2.58. The number of ether oxygens (including phenoxy) is 1. The molecule has 0 heterocycles. The third-order valence-electron chi connectivity index (χ3n) is 3.33. The quantitative estimate of drug-likeness (QED) is 0.470. The average molecular weight is 277 g/mol. The van der Waals surface area contributed by atoms with E-state index in [9.17, 15) is 10.1 Å². The standard InChI is InChI=1S/C14H19N3O3/c1-11-12(17(18)19)6-4-7-13(11)20-9-5-8-14(2,10-15)16-3/h4,6-7,16H,5,8-9H2,1-3H3. The van der Waals surface area contributed by atoms with Crippen molar-refractivity contribution in [2.75, 3.05) is 13.7 Å². The largest absolute Gasteiger partial charge is 0.493 e. The molecule has 0 fully saturated rings. The van der Waals surface area contributed by atoms with E-state index in [1.54, 1.807) is 26.1 Å². The molecule has 1 rings (SSSR count). The number of hydrogen-bond acceptors (Lipinski definition) is 5. The maximum atomic E-state index is 10.8. The van der Waals surface area contributed by atoms with Crippen LogP contribution in [0.15, 0.2) is 18.2 Å². The fraction of sp³-hybridized carbons (Fsp3) is 0.500. The van der Waals surface area contributed by atoms with Crippen LogP contribution in [0.25, 0.3) is 0 Å². The van der Waals surface area contributed by atoms with Gasteiger partial charge in [0.2, 0.25) is 0 Å².